The molecule has 15 heavy (non-hydrogen) atoms. The van der Waals surface area contributed by atoms with Crippen molar-refractivity contribution in [1.29, 1.82) is 0 Å². The van der Waals surface area contributed by atoms with E-state index in [1.165, 1.54) is 4.90 Å². The third kappa shape index (κ3) is 1.63. The van der Waals surface area contributed by atoms with Crippen molar-refractivity contribution in [2.45, 2.75) is 6.92 Å². The molecule has 0 atom stereocenters. The van der Waals surface area contributed by atoms with Crippen molar-refractivity contribution >= 4 is 33.8 Å². The fourth-order valence-corrected chi connectivity index (χ4v) is 1.88. The smallest absolute Gasteiger partial charge is 0.412 e. The van der Waals surface area contributed by atoms with Gasteiger partial charge in [-0.2, -0.15) is 0 Å². The molecule has 1 aliphatic rings. The first-order chi connectivity index (χ1) is 7.11. The van der Waals surface area contributed by atoms with Crippen molar-refractivity contribution in [2.75, 3.05) is 11.4 Å². The molecule has 0 spiro atoms. The van der Waals surface area contributed by atoms with E-state index in [0.717, 1.165) is 10.0 Å². The lowest BCUT2D eigenvalue weighted by atomic mass is 10.1. The van der Waals surface area contributed by atoms with Crippen LogP contribution >= 0.6 is 15.9 Å². The van der Waals surface area contributed by atoms with Gasteiger partial charge in [0.05, 0.1) is 11.4 Å². The van der Waals surface area contributed by atoms with E-state index < -0.39 is 6.09 Å². The largest absolute Gasteiger partial charge is 0.465 e. The molecule has 1 aliphatic heterocycles. The van der Waals surface area contributed by atoms with Crippen molar-refractivity contribution in [3.8, 4) is 0 Å². The zero-order valence-electron chi connectivity index (χ0n) is 8.07. The number of carbonyl (C=O) groups is 1. The summed E-state index contributed by atoms with van der Waals surface area (Å²) in [6, 6.07) is 0. The highest BCUT2D eigenvalue weighted by molar-refractivity contribution is 9.10. The van der Waals surface area contributed by atoms with Crippen LogP contribution in [0.1, 0.15) is 11.3 Å². The summed E-state index contributed by atoms with van der Waals surface area (Å²) in [5, 5.41) is 9.05. The summed E-state index contributed by atoms with van der Waals surface area (Å²) in [7, 11) is 0. The van der Waals surface area contributed by atoms with Crippen molar-refractivity contribution in [1.82, 2.24) is 4.98 Å². The predicted molar refractivity (Wildman–Crippen MR) is 61.1 cm³/mol. The quantitative estimate of drug-likeness (QED) is 0.787. The van der Waals surface area contributed by atoms with E-state index in [0.29, 0.717) is 17.9 Å². The Bertz CT molecular complexity index is 457. The normalized spacial score (nSPS) is 13.9. The number of nitrogens with zero attached hydrogens (tertiary/aromatic N) is 2. The first kappa shape index (κ1) is 10.2. The summed E-state index contributed by atoms with van der Waals surface area (Å²) in [5.41, 5.74) is 2.26. The lowest BCUT2D eigenvalue weighted by Crippen LogP contribution is -2.32. The predicted octanol–water partition coefficient (Wildman–Crippen LogP) is 2.66. The zero-order chi connectivity index (χ0) is 11.0. The highest BCUT2D eigenvalue weighted by Gasteiger charge is 2.22. The number of amides is 1. The Morgan fingerprint density at radius 2 is 2.40 bits per heavy atom. The summed E-state index contributed by atoms with van der Waals surface area (Å²) in [6.45, 7) is 2.25. The van der Waals surface area contributed by atoms with Crippen LogP contribution in [0.25, 0.3) is 6.08 Å². The minimum absolute atomic E-state index is 0.376. The van der Waals surface area contributed by atoms with Gasteiger partial charge in [0.1, 0.15) is 0 Å². The van der Waals surface area contributed by atoms with E-state index >= 15 is 0 Å². The second-order valence-electron chi connectivity index (χ2n) is 3.26. The Morgan fingerprint density at radius 1 is 1.67 bits per heavy atom. The molecular weight excluding hydrogens is 260 g/mol. The first-order valence-electron chi connectivity index (χ1n) is 4.43. The molecule has 1 aromatic rings. The number of rotatable bonds is 0. The molecule has 4 nitrogen and oxygen atoms in total. The van der Waals surface area contributed by atoms with E-state index in [1.807, 2.05) is 13.0 Å². The number of halogens is 1. The molecule has 0 unspecified atom stereocenters. The van der Waals surface area contributed by atoms with Gasteiger partial charge in [0.25, 0.3) is 0 Å². The highest BCUT2D eigenvalue weighted by Crippen LogP contribution is 2.32. The summed E-state index contributed by atoms with van der Waals surface area (Å²) in [6.07, 6.45) is 4.36. The maximum atomic E-state index is 11.0. The maximum Gasteiger partial charge on any atom is 0.412 e. The van der Waals surface area contributed by atoms with Crippen LogP contribution in [-0.4, -0.2) is 22.7 Å². The third-order valence-electron chi connectivity index (χ3n) is 2.34. The summed E-state index contributed by atoms with van der Waals surface area (Å²) in [4.78, 5) is 16.5. The van der Waals surface area contributed by atoms with Gasteiger partial charge in [0.2, 0.25) is 0 Å². The van der Waals surface area contributed by atoms with Crippen molar-refractivity contribution in [3.63, 3.8) is 0 Å². The number of pyridine rings is 1. The summed E-state index contributed by atoms with van der Waals surface area (Å²) >= 11 is 3.34. The monoisotopic (exact) mass is 268 g/mol. The minimum atomic E-state index is -0.955. The second-order valence-corrected chi connectivity index (χ2v) is 4.11. The van der Waals surface area contributed by atoms with E-state index in [4.69, 9.17) is 5.11 Å². The molecule has 2 heterocycles. The molecule has 1 amide bonds. The van der Waals surface area contributed by atoms with Gasteiger partial charge in [0, 0.05) is 17.2 Å². The van der Waals surface area contributed by atoms with Gasteiger partial charge in [-0.15, -0.1) is 0 Å². The Balaban J connectivity index is 2.64. The molecule has 5 heteroatoms. The van der Waals surface area contributed by atoms with Gasteiger partial charge in [0.15, 0.2) is 0 Å². The van der Waals surface area contributed by atoms with Gasteiger partial charge >= 0.3 is 6.09 Å². The number of hydrogen-bond donors (Lipinski definition) is 1. The molecule has 0 bridgehead atoms. The van der Waals surface area contributed by atoms with Crippen molar-refractivity contribution < 1.29 is 9.90 Å². The molecule has 2 rings (SSSR count). The topological polar surface area (TPSA) is 53.4 Å². The average Bonchev–Trinajstić information content (AvgIpc) is 2.23. The van der Waals surface area contributed by atoms with Crippen LogP contribution in [-0.2, 0) is 0 Å². The van der Waals surface area contributed by atoms with Crippen LogP contribution in [0, 0.1) is 6.92 Å². The fourth-order valence-electron chi connectivity index (χ4n) is 1.59. The molecule has 1 aromatic heterocycles. The Morgan fingerprint density at radius 3 is 3.07 bits per heavy atom. The first-order valence-corrected chi connectivity index (χ1v) is 5.22. The SMILES string of the molecule is Cc1c(Br)cnc2c1N(C(=O)O)CC=C2. The molecular formula is C10H9BrN2O2. The lowest BCUT2D eigenvalue weighted by molar-refractivity contribution is 0.202. The van der Waals surface area contributed by atoms with Crippen LogP contribution in [0.4, 0.5) is 10.5 Å². The maximum absolute atomic E-state index is 11.0. The number of aromatic nitrogens is 1. The van der Waals surface area contributed by atoms with Crippen LogP contribution in [0.15, 0.2) is 16.7 Å². The average molecular weight is 269 g/mol. The molecule has 1 N–H and O–H groups in total. The van der Waals surface area contributed by atoms with Crippen LogP contribution < -0.4 is 4.90 Å². The van der Waals surface area contributed by atoms with Crippen molar-refractivity contribution in [2.24, 2.45) is 0 Å². The lowest BCUT2D eigenvalue weighted by Gasteiger charge is -2.24. The molecule has 78 valence electrons. The third-order valence-corrected chi connectivity index (χ3v) is 3.14. The zero-order valence-corrected chi connectivity index (χ0v) is 9.65. The van der Waals surface area contributed by atoms with E-state index in [-0.39, 0.29) is 0 Å². The van der Waals surface area contributed by atoms with Crippen LogP contribution in [0.3, 0.4) is 0 Å². The number of anilines is 1. The molecule has 0 saturated carbocycles. The summed E-state index contributed by atoms with van der Waals surface area (Å²) in [5.74, 6) is 0. The molecule has 0 saturated heterocycles. The van der Waals surface area contributed by atoms with E-state index in [2.05, 4.69) is 20.9 Å². The van der Waals surface area contributed by atoms with Gasteiger partial charge in [-0.3, -0.25) is 9.88 Å². The highest BCUT2D eigenvalue weighted by atomic mass is 79.9. The summed E-state index contributed by atoms with van der Waals surface area (Å²) < 4.78 is 0.822. The van der Waals surface area contributed by atoms with Gasteiger partial charge in [-0.1, -0.05) is 6.08 Å². The Hall–Kier alpha value is -1.36. The Labute approximate surface area is 95.4 Å². The molecule has 0 aromatic carbocycles. The second kappa shape index (κ2) is 3.66. The van der Waals surface area contributed by atoms with E-state index in [1.54, 1.807) is 12.3 Å². The Kier molecular flexibility index (Phi) is 2.48. The van der Waals surface area contributed by atoms with Gasteiger partial charge in [-0.05, 0) is 34.5 Å². The van der Waals surface area contributed by atoms with Crippen LogP contribution in [0.2, 0.25) is 0 Å². The van der Waals surface area contributed by atoms with E-state index in [9.17, 15) is 4.79 Å². The molecule has 0 radical (unpaired) electrons. The van der Waals surface area contributed by atoms with Gasteiger partial charge < -0.3 is 5.11 Å². The fraction of sp³-hybridized carbons (Fsp3) is 0.200. The minimum Gasteiger partial charge on any atom is -0.465 e. The standard InChI is InChI=1S/C10H9BrN2O2/c1-6-7(11)5-12-8-3-2-4-13(9(6)8)10(14)15/h2-3,5H,4H2,1H3,(H,14,15). The van der Waals surface area contributed by atoms with Crippen molar-refractivity contribution in [3.05, 3.63) is 28.0 Å². The number of carboxylic acid groups (broad SMARTS) is 1. The van der Waals surface area contributed by atoms with Crippen LogP contribution in [0.5, 0.6) is 0 Å². The number of fused-ring (bicyclic) bond motifs is 1. The molecule has 0 fully saturated rings. The number of hydrogen-bond acceptors (Lipinski definition) is 2. The van der Waals surface area contributed by atoms with Gasteiger partial charge in [-0.25, -0.2) is 4.79 Å². The molecule has 0 aliphatic carbocycles.